The number of urea groups is 1. The Morgan fingerprint density at radius 3 is 2.71 bits per heavy atom. The number of anilines is 1. The monoisotopic (exact) mass is 331 g/mol. The Labute approximate surface area is 142 Å². The number of morpholine rings is 1. The van der Waals surface area contributed by atoms with Gasteiger partial charge in [0.15, 0.2) is 0 Å². The van der Waals surface area contributed by atoms with Crippen LogP contribution in [-0.4, -0.2) is 47.8 Å². The molecule has 1 aromatic carbocycles. The van der Waals surface area contributed by atoms with Crippen molar-refractivity contribution in [3.63, 3.8) is 0 Å². The normalized spacial score (nSPS) is 24.4. The summed E-state index contributed by atoms with van der Waals surface area (Å²) < 4.78 is 5.78. The van der Waals surface area contributed by atoms with Crippen molar-refractivity contribution in [2.24, 2.45) is 5.73 Å². The van der Waals surface area contributed by atoms with Crippen LogP contribution in [0.2, 0.25) is 0 Å². The van der Waals surface area contributed by atoms with Crippen LogP contribution < -0.4 is 16.5 Å². The molecule has 1 aromatic rings. The lowest BCUT2D eigenvalue weighted by Crippen LogP contribution is -2.45. The molecule has 0 aliphatic carbocycles. The molecule has 4 N–H and O–H groups in total. The molecule has 3 rings (SSSR count). The molecule has 0 aromatic heterocycles. The lowest BCUT2D eigenvalue weighted by Gasteiger charge is -2.35. The van der Waals surface area contributed by atoms with Crippen LogP contribution in [0, 0.1) is 0 Å². The predicted molar refractivity (Wildman–Crippen MR) is 92.9 cm³/mol. The summed E-state index contributed by atoms with van der Waals surface area (Å²) in [7, 11) is 0. The zero-order valence-corrected chi connectivity index (χ0v) is 14.2. The maximum absolute atomic E-state index is 12.3. The summed E-state index contributed by atoms with van der Waals surface area (Å²) in [6.45, 7) is 7.20. The lowest BCUT2D eigenvalue weighted by molar-refractivity contribution is -0.0704. The third-order valence-corrected chi connectivity index (χ3v) is 4.15. The first kappa shape index (κ1) is 16.6. The Morgan fingerprint density at radius 1 is 1.33 bits per heavy atom. The van der Waals surface area contributed by atoms with Crippen molar-refractivity contribution in [1.82, 2.24) is 15.3 Å². The van der Waals surface area contributed by atoms with E-state index in [-0.39, 0.29) is 18.2 Å². The van der Waals surface area contributed by atoms with Gasteiger partial charge < -0.3 is 15.8 Å². The molecule has 7 nitrogen and oxygen atoms in total. The zero-order valence-electron chi connectivity index (χ0n) is 14.2. The van der Waals surface area contributed by atoms with E-state index < -0.39 is 0 Å². The number of nitrogens with zero attached hydrogens (tertiary/aromatic N) is 2. The fraction of sp³-hybridized carbons (Fsp3) is 0.471. The number of hydrazine groups is 1. The SMILES string of the molecule is CC1CN(Cc2ccccc2NC(=O)N2CC=C(N)N2)CC(C)O1. The summed E-state index contributed by atoms with van der Waals surface area (Å²) in [4.78, 5) is 14.7. The molecular weight excluding hydrogens is 306 g/mol. The summed E-state index contributed by atoms with van der Waals surface area (Å²) in [6.07, 6.45) is 2.21. The maximum atomic E-state index is 12.3. The molecule has 1 fully saturated rings. The molecule has 0 bridgehead atoms. The number of benzene rings is 1. The van der Waals surface area contributed by atoms with Crippen molar-refractivity contribution in [2.45, 2.75) is 32.6 Å². The quantitative estimate of drug-likeness (QED) is 0.781. The number of ether oxygens (including phenoxy) is 1. The van der Waals surface area contributed by atoms with Gasteiger partial charge in [0.1, 0.15) is 5.82 Å². The Kier molecular flexibility index (Phi) is 4.92. The minimum atomic E-state index is -0.220. The second-order valence-electron chi connectivity index (χ2n) is 6.42. The van der Waals surface area contributed by atoms with Gasteiger partial charge in [0, 0.05) is 25.3 Å². The van der Waals surface area contributed by atoms with Gasteiger partial charge in [-0.05, 0) is 31.6 Å². The summed E-state index contributed by atoms with van der Waals surface area (Å²) >= 11 is 0. The highest BCUT2D eigenvalue weighted by molar-refractivity contribution is 5.90. The van der Waals surface area contributed by atoms with Crippen LogP contribution >= 0.6 is 0 Å². The van der Waals surface area contributed by atoms with Crippen LogP contribution in [0.5, 0.6) is 0 Å². The largest absolute Gasteiger partial charge is 0.384 e. The number of nitrogens with two attached hydrogens (primary N) is 1. The highest BCUT2D eigenvalue weighted by atomic mass is 16.5. The van der Waals surface area contributed by atoms with Gasteiger partial charge in [-0.15, -0.1) is 0 Å². The van der Waals surface area contributed by atoms with E-state index in [0.717, 1.165) is 30.9 Å². The highest BCUT2D eigenvalue weighted by Crippen LogP contribution is 2.20. The Hall–Kier alpha value is -2.25. The molecule has 0 radical (unpaired) electrons. The molecule has 0 saturated carbocycles. The van der Waals surface area contributed by atoms with E-state index in [0.29, 0.717) is 12.4 Å². The first-order valence-corrected chi connectivity index (χ1v) is 8.28. The molecule has 2 amide bonds. The Bertz CT molecular complexity index is 623. The second-order valence-corrected chi connectivity index (χ2v) is 6.42. The van der Waals surface area contributed by atoms with Crippen LogP contribution in [0.25, 0.3) is 0 Å². The number of carbonyl (C=O) groups is 1. The first-order chi connectivity index (χ1) is 11.5. The third-order valence-electron chi connectivity index (χ3n) is 4.15. The van der Waals surface area contributed by atoms with Crippen molar-refractivity contribution in [3.8, 4) is 0 Å². The Balaban J connectivity index is 1.65. The van der Waals surface area contributed by atoms with Gasteiger partial charge in [-0.2, -0.15) is 0 Å². The molecule has 1 saturated heterocycles. The van der Waals surface area contributed by atoms with E-state index >= 15 is 0 Å². The maximum Gasteiger partial charge on any atom is 0.340 e. The third kappa shape index (κ3) is 3.98. The lowest BCUT2D eigenvalue weighted by atomic mass is 10.1. The summed E-state index contributed by atoms with van der Waals surface area (Å²) in [5.41, 5.74) is 10.4. The summed E-state index contributed by atoms with van der Waals surface area (Å²) in [6, 6.07) is 7.67. The predicted octanol–water partition coefficient (Wildman–Crippen LogP) is 1.45. The van der Waals surface area contributed by atoms with Gasteiger partial charge in [-0.25, -0.2) is 9.80 Å². The van der Waals surface area contributed by atoms with Crippen molar-refractivity contribution in [1.29, 1.82) is 0 Å². The zero-order chi connectivity index (χ0) is 17.1. The van der Waals surface area contributed by atoms with E-state index in [2.05, 4.69) is 29.5 Å². The number of para-hydroxylation sites is 1. The minimum Gasteiger partial charge on any atom is -0.384 e. The van der Waals surface area contributed by atoms with Crippen molar-refractivity contribution in [2.75, 3.05) is 25.0 Å². The standard InChI is InChI=1S/C17H25N5O2/c1-12-9-21(10-13(2)24-12)11-14-5-3-4-6-15(14)19-17(23)22-8-7-16(18)20-22/h3-7,12-13,20H,8-11,18H2,1-2H3,(H,19,23). The first-order valence-electron chi connectivity index (χ1n) is 8.28. The van der Waals surface area contributed by atoms with Gasteiger partial charge in [-0.3, -0.25) is 10.3 Å². The fourth-order valence-electron chi connectivity index (χ4n) is 3.19. The molecule has 2 aliphatic rings. The van der Waals surface area contributed by atoms with E-state index in [9.17, 15) is 4.79 Å². The van der Waals surface area contributed by atoms with Crippen LogP contribution in [0.1, 0.15) is 19.4 Å². The number of carbonyl (C=O) groups excluding carboxylic acids is 1. The number of rotatable bonds is 3. The highest BCUT2D eigenvalue weighted by Gasteiger charge is 2.23. The second kappa shape index (κ2) is 7.11. The van der Waals surface area contributed by atoms with Gasteiger partial charge in [-0.1, -0.05) is 18.2 Å². The fourth-order valence-corrected chi connectivity index (χ4v) is 3.19. The summed E-state index contributed by atoms with van der Waals surface area (Å²) in [5, 5.41) is 4.41. The van der Waals surface area contributed by atoms with Crippen molar-refractivity contribution >= 4 is 11.7 Å². The molecular formula is C17H25N5O2. The molecule has 130 valence electrons. The smallest absolute Gasteiger partial charge is 0.340 e. The number of hydrogen-bond donors (Lipinski definition) is 3. The minimum absolute atomic E-state index is 0.220. The molecule has 2 aliphatic heterocycles. The van der Waals surface area contributed by atoms with E-state index in [1.54, 1.807) is 6.08 Å². The Morgan fingerprint density at radius 2 is 2.04 bits per heavy atom. The van der Waals surface area contributed by atoms with Gasteiger partial charge in [0.25, 0.3) is 0 Å². The van der Waals surface area contributed by atoms with Gasteiger partial charge >= 0.3 is 6.03 Å². The van der Waals surface area contributed by atoms with Crippen LogP contribution in [0.3, 0.4) is 0 Å². The molecule has 7 heteroatoms. The molecule has 2 atom stereocenters. The van der Waals surface area contributed by atoms with Crippen LogP contribution in [-0.2, 0) is 11.3 Å². The molecule has 24 heavy (non-hydrogen) atoms. The van der Waals surface area contributed by atoms with Crippen LogP contribution in [0.4, 0.5) is 10.5 Å². The average Bonchev–Trinajstić information content (AvgIpc) is 2.95. The number of hydrogen-bond acceptors (Lipinski definition) is 5. The molecule has 2 unspecified atom stereocenters. The van der Waals surface area contributed by atoms with Gasteiger partial charge in [0.2, 0.25) is 0 Å². The van der Waals surface area contributed by atoms with Crippen LogP contribution in [0.15, 0.2) is 36.2 Å². The molecule has 2 heterocycles. The number of nitrogens with one attached hydrogen (secondary N) is 2. The van der Waals surface area contributed by atoms with Crippen molar-refractivity contribution < 1.29 is 9.53 Å². The van der Waals surface area contributed by atoms with E-state index in [1.807, 2.05) is 24.3 Å². The van der Waals surface area contributed by atoms with Gasteiger partial charge in [0.05, 0.1) is 18.8 Å². The topological polar surface area (TPSA) is 82.9 Å². The number of amides is 2. The van der Waals surface area contributed by atoms with Crippen molar-refractivity contribution in [3.05, 3.63) is 41.7 Å². The van der Waals surface area contributed by atoms with E-state index in [4.69, 9.17) is 10.5 Å². The van der Waals surface area contributed by atoms with E-state index in [1.165, 1.54) is 5.01 Å². The molecule has 0 spiro atoms. The average molecular weight is 331 g/mol. The summed E-state index contributed by atoms with van der Waals surface area (Å²) in [5.74, 6) is 0.495.